The second-order valence-corrected chi connectivity index (χ2v) is 6.59. The van der Waals surface area contributed by atoms with E-state index in [9.17, 15) is 9.59 Å². The fourth-order valence-electron chi connectivity index (χ4n) is 2.40. The molecule has 1 unspecified atom stereocenters. The molecule has 2 rings (SSSR count). The summed E-state index contributed by atoms with van der Waals surface area (Å²) in [5, 5.41) is 8.40. The van der Waals surface area contributed by atoms with Gasteiger partial charge in [-0.2, -0.15) is 0 Å². The Bertz CT molecular complexity index is 854. The highest BCUT2D eigenvalue weighted by Gasteiger charge is 2.13. The fraction of sp³-hybridized carbons (Fsp3) is 0.286. The normalized spacial score (nSPS) is 11.2. The lowest BCUT2D eigenvalue weighted by atomic mass is 10.1. The number of hydrogen-bond acceptors (Lipinski definition) is 4. The number of rotatable bonds is 7. The van der Waals surface area contributed by atoms with Crippen LogP contribution in [0.3, 0.4) is 0 Å². The minimum atomic E-state index is -0.359. The van der Waals surface area contributed by atoms with Crippen molar-refractivity contribution in [3.8, 4) is 5.75 Å². The van der Waals surface area contributed by atoms with Gasteiger partial charge in [0.15, 0.2) is 5.11 Å². The van der Waals surface area contributed by atoms with Crippen LogP contribution in [0.5, 0.6) is 5.75 Å². The molecule has 148 valence electrons. The van der Waals surface area contributed by atoms with E-state index in [1.54, 1.807) is 42.5 Å². The molecule has 0 aliphatic carbocycles. The van der Waals surface area contributed by atoms with Crippen molar-refractivity contribution in [2.75, 3.05) is 11.9 Å². The summed E-state index contributed by atoms with van der Waals surface area (Å²) in [6, 6.07) is 13.9. The van der Waals surface area contributed by atoms with Gasteiger partial charge in [-0.25, -0.2) is 0 Å². The molecule has 0 radical (unpaired) electrons. The van der Waals surface area contributed by atoms with E-state index in [1.807, 2.05) is 26.8 Å². The summed E-state index contributed by atoms with van der Waals surface area (Å²) in [5.41, 5.74) is 1.40. The standard InChI is InChI=1S/C21H25N3O3S/c1-4-14(3)27-16-10-8-9-15(13-16)19(25)24-21(28)23-18-12-7-6-11-17(18)20(26)22-5-2/h6-14H,4-5H2,1-3H3,(H,22,26)(H2,23,24,25,28). The Morgan fingerprint density at radius 2 is 1.82 bits per heavy atom. The highest BCUT2D eigenvalue weighted by atomic mass is 32.1. The summed E-state index contributed by atoms with van der Waals surface area (Å²) >= 11 is 5.24. The molecule has 0 bridgehead atoms. The number of nitrogens with one attached hydrogen (secondary N) is 3. The van der Waals surface area contributed by atoms with Crippen molar-refractivity contribution in [1.29, 1.82) is 0 Å². The Morgan fingerprint density at radius 3 is 2.54 bits per heavy atom. The number of thiocarbonyl (C=S) groups is 1. The number of carbonyl (C=O) groups excluding carboxylic acids is 2. The van der Waals surface area contributed by atoms with E-state index in [0.717, 1.165) is 6.42 Å². The summed E-state index contributed by atoms with van der Waals surface area (Å²) in [4.78, 5) is 24.6. The van der Waals surface area contributed by atoms with Crippen LogP contribution >= 0.6 is 12.2 Å². The van der Waals surface area contributed by atoms with Gasteiger partial charge in [-0.1, -0.05) is 25.1 Å². The van der Waals surface area contributed by atoms with Crippen LogP contribution in [-0.4, -0.2) is 29.6 Å². The molecule has 2 aromatic carbocycles. The van der Waals surface area contributed by atoms with Crippen molar-refractivity contribution in [2.45, 2.75) is 33.3 Å². The Balaban J connectivity index is 2.05. The van der Waals surface area contributed by atoms with Crippen LogP contribution in [0.1, 0.15) is 47.9 Å². The number of carbonyl (C=O) groups is 2. The SMILES string of the molecule is CCNC(=O)c1ccccc1NC(=S)NC(=O)c1cccc(OC(C)CC)c1. The average molecular weight is 400 g/mol. The molecule has 0 saturated heterocycles. The first-order valence-electron chi connectivity index (χ1n) is 9.20. The summed E-state index contributed by atoms with van der Waals surface area (Å²) in [5.74, 6) is 0.0553. The van der Waals surface area contributed by atoms with Crippen LogP contribution in [0.2, 0.25) is 0 Å². The molecule has 2 aromatic rings. The molecule has 1 atom stereocenters. The van der Waals surface area contributed by atoms with Crippen LogP contribution in [0.25, 0.3) is 0 Å². The van der Waals surface area contributed by atoms with Gasteiger partial charge in [0, 0.05) is 12.1 Å². The lowest BCUT2D eigenvalue weighted by molar-refractivity contribution is 0.0954. The zero-order valence-corrected chi connectivity index (χ0v) is 17.1. The predicted molar refractivity (Wildman–Crippen MR) is 115 cm³/mol. The molecule has 0 aliphatic heterocycles. The van der Waals surface area contributed by atoms with E-state index in [4.69, 9.17) is 17.0 Å². The minimum absolute atomic E-state index is 0.0619. The van der Waals surface area contributed by atoms with Crippen molar-refractivity contribution in [2.24, 2.45) is 0 Å². The maximum atomic E-state index is 12.5. The van der Waals surface area contributed by atoms with Crippen molar-refractivity contribution in [3.63, 3.8) is 0 Å². The highest BCUT2D eigenvalue weighted by molar-refractivity contribution is 7.80. The molecular weight excluding hydrogens is 374 g/mol. The number of hydrogen-bond donors (Lipinski definition) is 3. The quantitative estimate of drug-likeness (QED) is 0.618. The molecule has 0 aliphatic rings. The van der Waals surface area contributed by atoms with Crippen LogP contribution in [0, 0.1) is 0 Å². The lowest BCUT2D eigenvalue weighted by Crippen LogP contribution is -2.35. The summed E-state index contributed by atoms with van der Waals surface area (Å²) in [6.07, 6.45) is 0.932. The summed E-state index contributed by atoms with van der Waals surface area (Å²) in [7, 11) is 0. The van der Waals surface area contributed by atoms with Gasteiger partial charge in [0.05, 0.1) is 17.4 Å². The Kier molecular flexibility index (Phi) is 7.95. The average Bonchev–Trinajstić information content (AvgIpc) is 2.68. The number of anilines is 1. The zero-order valence-electron chi connectivity index (χ0n) is 16.2. The molecule has 7 heteroatoms. The fourth-order valence-corrected chi connectivity index (χ4v) is 2.60. The van der Waals surface area contributed by atoms with Gasteiger partial charge in [0.2, 0.25) is 0 Å². The molecule has 6 nitrogen and oxygen atoms in total. The first-order chi connectivity index (χ1) is 13.4. The molecule has 28 heavy (non-hydrogen) atoms. The predicted octanol–water partition coefficient (Wildman–Crippen LogP) is 3.74. The third-order valence-electron chi connectivity index (χ3n) is 3.99. The van der Waals surface area contributed by atoms with Crippen molar-refractivity contribution >= 4 is 34.8 Å². The molecule has 0 aromatic heterocycles. The molecule has 0 heterocycles. The maximum Gasteiger partial charge on any atom is 0.257 e. The van der Waals surface area contributed by atoms with Gasteiger partial charge in [-0.05, 0) is 62.8 Å². The second-order valence-electron chi connectivity index (χ2n) is 6.18. The summed E-state index contributed by atoms with van der Waals surface area (Å²) < 4.78 is 5.75. The van der Waals surface area contributed by atoms with E-state index in [0.29, 0.717) is 29.1 Å². The topological polar surface area (TPSA) is 79.5 Å². The van der Waals surface area contributed by atoms with Gasteiger partial charge < -0.3 is 15.4 Å². The number of ether oxygens (including phenoxy) is 1. The Labute approximate surface area is 170 Å². The largest absolute Gasteiger partial charge is 0.491 e. The van der Waals surface area contributed by atoms with Crippen LogP contribution in [0.4, 0.5) is 5.69 Å². The maximum absolute atomic E-state index is 12.5. The monoisotopic (exact) mass is 399 g/mol. The minimum Gasteiger partial charge on any atom is -0.491 e. The van der Waals surface area contributed by atoms with E-state index in [1.165, 1.54) is 0 Å². The van der Waals surface area contributed by atoms with E-state index < -0.39 is 0 Å². The van der Waals surface area contributed by atoms with Gasteiger partial charge in [-0.3, -0.25) is 14.9 Å². The third-order valence-corrected chi connectivity index (χ3v) is 4.20. The van der Waals surface area contributed by atoms with Crippen LogP contribution < -0.4 is 20.7 Å². The van der Waals surface area contributed by atoms with Crippen molar-refractivity contribution < 1.29 is 14.3 Å². The molecule has 0 fully saturated rings. The van der Waals surface area contributed by atoms with E-state index >= 15 is 0 Å². The van der Waals surface area contributed by atoms with E-state index in [-0.39, 0.29) is 23.0 Å². The van der Waals surface area contributed by atoms with E-state index in [2.05, 4.69) is 16.0 Å². The van der Waals surface area contributed by atoms with Crippen LogP contribution in [0.15, 0.2) is 48.5 Å². The number of amides is 2. The third kappa shape index (κ3) is 6.06. The molecular formula is C21H25N3O3S. The Hall–Kier alpha value is -2.93. The van der Waals surface area contributed by atoms with Crippen molar-refractivity contribution in [1.82, 2.24) is 10.6 Å². The highest BCUT2D eigenvalue weighted by Crippen LogP contribution is 2.17. The van der Waals surface area contributed by atoms with Gasteiger partial charge in [0.25, 0.3) is 11.8 Å². The smallest absolute Gasteiger partial charge is 0.257 e. The first-order valence-corrected chi connectivity index (χ1v) is 9.61. The molecule has 0 spiro atoms. The second kappa shape index (κ2) is 10.4. The Morgan fingerprint density at radius 1 is 1.07 bits per heavy atom. The van der Waals surface area contributed by atoms with Gasteiger partial charge in [-0.15, -0.1) is 0 Å². The zero-order chi connectivity index (χ0) is 20.5. The molecule has 0 saturated carbocycles. The van der Waals surface area contributed by atoms with Gasteiger partial charge >= 0.3 is 0 Å². The molecule has 2 amide bonds. The summed E-state index contributed by atoms with van der Waals surface area (Å²) in [6.45, 7) is 6.36. The number of para-hydroxylation sites is 1. The van der Waals surface area contributed by atoms with Crippen molar-refractivity contribution in [3.05, 3.63) is 59.7 Å². The first kappa shape index (κ1) is 21.4. The molecule has 3 N–H and O–H groups in total. The lowest BCUT2D eigenvalue weighted by Gasteiger charge is -2.15. The number of benzene rings is 2. The van der Waals surface area contributed by atoms with Gasteiger partial charge in [0.1, 0.15) is 5.75 Å². The van der Waals surface area contributed by atoms with Crippen LogP contribution in [-0.2, 0) is 0 Å².